The van der Waals surface area contributed by atoms with Crippen LogP contribution in [0.2, 0.25) is 0 Å². The Morgan fingerprint density at radius 2 is 1.21 bits per heavy atom. The van der Waals surface area contributed by atoms with Crippen molar-refractivity contribution in [1.29, 1.82) is 5.41 Å². The van der Waals surface area contributed by atoms with Gasteiger partial charge in [0.15, 0.2) is 5.82 Å². The van der Waals surface area contributed by atoms with Crippen LogP contribution in [-0.4, -0.2) is 34.8 Å². The number of rotatable bonds is 12. The maximum absolute atomic E-state index is 13.6. The van der Waals surface area contributed by atoms with Gasteiger partial charge in [0.1, 0.15) is 11.6 Å². The summed E-state index contributed by atoms with van der Waals surface area (Å²) in [6, 6.07) is 25.7. The second-order valence-corrected chi connectivity index (χ2v) is 16.0. The van der Waals surface area contributed by atoms with Gasteiger partial charge in [0.2, 0.25) is 0 Å². The Hall–Kier alpha value is -5.35. The van der Waals surface area contributed by atoms with E-state index in [1.807, 2.05) is 90.0 Å². The van der Waals surface area contributed by atoms with E-state index in [2.05, 4.69) is 83.6 Å². The Bertz CT molecular complexity index is 2250. The number of hydrogen-bond acceptors (Lipinski definition) is 7. The molecule has 56 heavy (non-hydrogen) atoms. The van der Waals surface area contributed by atoms with Crippen molar-refractivity contribution >= 4 is 23.6 Å². The minimum atomic E-state index is 0.0860. The zero-order valence-corrected chi connectivity index (χ0v) is 35.1. The summed E-state index contributed by atoms with van der Waals surface area (Å²) in [5.41, 5.74) is 15.3. The third-order valence-electron chi connectivity index (χ3n) is 9.59. The summed E-state index contributed by atoms with van der Waals surface area (Å²) in [6.07, 6.45) is 7.35. The molecule has 3 aromatic carbocycles. The van der Waals surface area contributed by atoms with E-state index in [-0.39, 0.29) is 35.8 Å². The number of benzene rings is 3. The first-order chi connectivity index (χ1) is 26.8. The van der Waals surface area contributed by atoms with Gasteiger partial charge in [0.25, 0.3) is 0 Å². The summed E-state index contributed by atoms with van der Waals surface area (Å²) in [5, 5.41) is 8.61. The number of hydrogen-bond donors (Lipinski definition) is 2. The first-order valence-electron chi connectivity index (χ1n) is 19.4. The monoisotopic (exact) mass is 770 g/mol. The van der Waals surface area contributed by atoms with Crippen molar-refractivity contribution in [3.05, 3.63) is 126 Å². The molecule has 10 heteroatoms. The van der Waals surface area contributed by atoms with Crippen LogP contribution in [0.5, 0.6) is 0 Å². The number of halogens is 1. The van der Waals surface area contributed by atoms with Gasteiger partial charge in [-0.05, 0) is 41.2 Å². The number of aromatic nitrogens is 6. The van der Waals surface area contributed by atoms with Crippen molar-refractivity contribution in [2.75, 3.05) is 0 Å². The molecule has 3 aromatic heterocycles. The molecule has 0 bridgehead atoms. The molecule has 0 amide bonds. The van der Waals surface area contributed by atoms with Gasteiger partial charge < -0.3 is 11.1 Å². The molecule has 3 N–H and O–H groups in total. The third kappa shape index (κ3) is 9.02. The number of imidazole rings is 2. The van der Waals surface area contributed by atoms with E-state index in [0.717, 1.165) is 56.8 Å². The molecule has 292 valence electrons. The van der Waals surface area contributed by atoms with Gasteiger partial charge in [-0.1, -0.05) is 142 Å². The smallest absolute Gasteiger partial charge is 0.159 e. The summed E-state index contributed by atoms with van der Waals surface area (Å²) >= 11 is 0.234. The Morgan fingerprint density at radius 1 is 0.661 bits per heavy atom. The fourth-order valence-corrected chi connectivity index (χ4v) is 6.89. The predicted octanol–water partition coefficient (Wildman–Crippen LogP) is 12.4. The molecule has 0 saturated carbocycles. The predicted molar refractivity (Wildman–Crippen MR) is 232 cm³/mol. The molecule has 0 aliphatic heterocycles. The van der Waals surface area contributed by atoms with Gasteiger partial charge in [-0.3, -0.25) is 9.13 Å². The highest BCUT2D eigenvalue weighted by atomic mass is 32.2. The van der Waals surface area contributed by atoms with Gasteiger partial charge in [-0.2, -0.15) is 3.89 Å². The van der Waals surface area contributed by atoms with Crippen molar-refractivity contribution in [2.45, 2.75) is 91.9 Å². The van der Waals surface area contributed by atoms with Crippen molar-refractivity contribution in [3.63, 3.8) is 0 Å². The molecule has 0 fully saturated rings. The third-order valence-corrected chi connectivity index (χ3v) is 10.1. The lowest BCUT2D eigenvalue weighted by Gasteiger charge is -2.21. The van der Waals surface area contributed by atoms with Crippen LogP contribution < -0.4 is 5.73 Å². The van der Waals surface area contributed by atoms with Crippen LogP contribution in [0, 0.1) is 17.2 Å². The molecule has 6 aromatic rings. The molecule has 3 heterocycles. The van der Waals surface area contributed by atoms with Crippen LogP contribution in [0.4, 0.5) is 3.89 Å². The van der Waals surface area contributed by atoms with Crippen LogP contribution in [0.3, 0.4) is 0 Å². The van der Waals surface area contributed by atoms with Gasteiger partial charge in [-0.25, -0.2) is 19.9 Å². The van der Waals surface area contributed by atoms with Crippen LogP contribution in [0.15, 0.2) is 114 Å². The molecule has 0 aliphatic carbocycles. The van der Waals surface area contributed by atoms with Crippen LogP contribution in [0.25, 0.3) is 45.5 Å². The second-order valence-electron chi connectivity index (χ2n) is 15.4. The lowest BCUT2D eigenvalue weighted by molar-refractivity contribution is 0.746. The van der Waals surface area contributed by atoms with Gasteiger partial charge in [0.05, 0.1) is 45.5 Å². The molecule has 0 atom stereocenters. The second kappa shape index (κ2) is 18.5. The van der Waals surface area contributed by atoms with Crippen molar-refractivity contribution < 1.29 is 3.89 Å². The van der Waals surface area contributed by atoms with E-state index in [0.29, 0.717) is 22.3 Å². The molecule has 0 aliphatic rings. The van der Waals surface area contributed by atoms with Crippen LogP contribution >= 0.6 is 12.1 Å². The minimum Gasteiger partial charge on any atom is -0.400 e. The highest BCUT2D eigenvalue weighted by Gasteiger charge is 2.25. The fourth-order valence-electron chi connectivity index (χ4n) is 6.52. The highest BCUT2D eigenvalue weighted by Crippen LogP contribution is 2.37. The topological polar surface area (TPSA) is 111 Å². The molecule has 0 saturated heterocycles. The first-order valence-corrected chi connectivity index (χ1v) is 20.1. The lowest BCUT2D eigenvalue weighted by Crippen LogP contribution is -2.22. The maximum Gasteiger partial charge on any atom is 0.159 e. The summed E-state index contributed by atoms with van der Waals surface area (Å²) in [4.78, 5) is 19.7. The molecular weight excluding hydrogens is 716 g/mol. The van der Waals surface area contributed by atoms with E-state index in [4.69, 9.17) is 21.1 Å². The average molecular weight is 771 g/mol. The number of nitrogens with one attached hydrogen (secondary N) is 1. The average Bonchev–Trinajstić information content (AvgIpc) is 3.88. The molecule has 6 rings (SSSR count). The fraction of sp³-hybridized carbons (Fsp3) is 0.326. The van der Waals surface area contributed by atoms with E-state index < -0.39 is 0 Å². The van der Waals surface area contributed by atoms with Gasteiger partial charge in [-0.15, -0.1) is 0 Å². The maximum atomic E-state index is 13.6. The standard InChI is InChI=1S/C25H25FN4S.C21H30N4/c1-16(2)21-23(22(17(3)4)29-24(28-21)18-10-6-5-7-11-18)30-15-14-27-25(30)19-12-8-9-13-20(19)31-26;1-13(2)16-9-7-8-10-17(16)21-24-11-12-25(21)20(18(22)14(3)4)19(23)15(5)6/h5-17H,1-4H3;7-15,22H,23H2,1-6H3/b;20-19+,22-18?. The first kappa shape index (κ1) is 41.8. The van der Waals surface area contributed by atoms with E-state index in [9.17, 15) is 3.89 Å². The van der Waals surface area contributed by atoms with E-state index >= 15 is 0 Å². The quantitative estimate of drug-likeness (QED) is 0.120. The van der Waals surface area contributed by atoms with Crippen molar-refractivity contribution in [1.82, 2.24) is 29.1 Å². The molecular formula is C46H55FN8S. The Kier molecular flexibility index (Phi) is 13.8. The SMILES string of the molecule is CC(C)C(=N)/C(=C(\N)C(C)C)n1ccnc1-c1ccccc1C(C)C.CC(C)c1nc(-c2ccccc2)nc(C(C)C)c1-n1ccnc1-c1ccccc1SF. The van der Waals surface area contributed by atoms with Gasteiger partial charge >= 0.3 is 0 Å². The van der Waals surface area contributed by atoms with Crippen LogP contribution in [0.1, 0.15) is 104 Å². The minimum absolute atomic E-state index is 0.0860. The zero-order chi connectivity index (χ0) is 40.7. The summed E-state index contributed by atoms with van der Waals surface area (Å²) in [6.45, 7) is 21.0. The summed E-state index contributed by atoms with van der Waals surface area (Å²) in [5.74, 6) is 3.21. The number of allylic oxidation sites excluding steroid dienone is 2. The molecule has 8 nitrogen and oxygen atoms in total. The van der Waals surface area contributed by atoms with Crippen LogP contribution in [-0.2, 0) is 0 Å². The zero-order valence-electron chi connectivity index (χ0n) is 34.2. The molecule has 0 unspecified atom stereocenters. The van der Waals surface area contributed by atoms with E-state index in [1.165, 1.54) is 5.56 Å². The normalized spacial score (nSPS) is 12.1. The molecule has 0 spiro atoms. The Labute approximate surface area is 336 Å². The Morgan fingerprint density at radius 3 is 1.79 bits per heavy atom. The number of nitrogens with two attached hydrogens (primary N) is 1. The van der Waals surface area contributed by atoms with Crippen molar-refractivity contribution in [3.8, 4) is 39.9 Å². The largest absolute Gasteiger partial charge is 0.400 e. The molecule has 0 radical (unpaired) electrons. The van der Waals surface area contributed by atoms with Gasteiger partial charge in [0, 0.05) is 47.2 Å². The lowest BCUT2D eigenvalue weighted by atomic mass is 9.96. The highest BCUT2D eigenvalue weighted by molar-refractivity contribution is 7.94. The van der Waals surface area contributed by atoms with Crippen molar-refractivity contribution in [2.24, 2.45) is 17.6 Å². The van der Waals surface area contributed by atoms with E-state index in [1.54, 1.807) is 18.5 Å². The summed E-state index contributed by atoms with van der Waals surface area (Å²) in [7, 11) is 0. The summed E-state index contributed by atoms with van der Waals surface area (Å²) < 4.78 is 17.6. The number of nitrogens with zero attached hydrogens (tertiary/aromatic N) is 6. The Balaban J connectivity index is 0.000000220.